The van der Waals surface area contributed by atoms with Crippen LogP contribution in [0.15, 0.2) is 109 Å². The largest absolute Gasteiger partial charge is 0.457 e. The van der Waals surface area contributed by atoms with E-state index in [9.17, 15) is 0 Å². The maximum absolute atomic E-state index is 5.99. The Morgan fingerprint density at radius 2 is 1.07 bits per heavy atom. The second-order valence-corrected chi connectivity index (χ2v) is 7.38. The quantitative estimate of drug-likeness (QED) is 0.302. The van der Waals surface area contributed by atoms with Crippen LogP contribution in [0.3, 0.4) is 0 Å². The highest BCUT2D eigenvalue weighted by atomic mass is 16.5. The van der Waals surface area contributed by atoms with E-state index in [0.29, 0.717) is 0 Å². The first kappa shape index (κ1) is 19.7. The molecule has 0 heterocycles. The number of aryl methyl sites for hydroxylation is 1. The van der Waals surface area contributed by atoms with Crippen LogP contribution in [0.4, 0.5) is 0 Å². The zero-order chi connectivity index (χ0) is 20.8. The lowest BCUT2D eigenvalue weighted by atomic mass is 9.88. The Kier molecular flexibility index (Phi) is 6.10. The normalized spacial score (nSPS) is 11.7. The lowest BCUT2D eigenvalue weighted by Crippen LogP contribution is -1.95. The van der Waals surface area contributed by atoms with Crippen molar-refractivity contribution in [2.75, 3.05) is 0 Å². The van der Waals surface area contributed by atoms with Gasteiger partial charge in [-0.3, -0.25) is 0 Å². The molecule has 0 aliphatic carbocycles. The van der Waals surface area contributed by atoms with Gasteiger partial charge >= 0.3 is 0 Å². The first-order valence-corrected chi connectivity index (χ1v) is 10.4. The van der Waals surface area contributed by atoms with Gasteiger partial charge in [-0.1, -0.05) is 97.4 Å². The molecule has 0 N–H and O–H groups in total. The lowest BCUT2D eigenvalue weighted by molar-refractivity contribution is 0.482. The molecule has 0 aromatic heterocycles. The van der Waals surface area contributed by atoms with Crippen LogP contribution in [0.25, 0.3) is 11.1 Å². The Balaban J connectivity index is 1.77. The Morgan fingerprint density at radius 3 is 1.67 bits per heavy atom. The summed E-state index contributed by atoms with van der Waals surface area (Å²) in [7, 11) is 0. The number of rotatable bonds is 6. The molecule has 0 unspecified atom stereocenters. The maximum Gasteiger partial charge on any atom is 0.127 e. The summed E-state index contributed by atoms with van der Waals surface area (Å²) in [5, 5.41) is 0. The number of allylic oxidation sites excluding steroid dienone is 1. The molecule has 0 saturated carbocycles. The van der Waals surface area contributed by atoms with Gasteiger partial charge in [-0.15, -0.1) is 0 Å². The second kappa shape index (κ2) is 9.28. The van der Waals surface area contributed by atoms with Crippen LogP contribution in [0.1, 0.15) is 35.6 Å². The van der Waals surface area contributed by atoms with Crippen molar-refractivity contribution in [1.82, 2.24) is 0 Å². The summed E-state index contributed by atoms with van der Waals surface area (Å²) >= 11 is 0. The number of hydrogen-bond acceptors (Lipinski definition) is 1. The summed E-state index contributed by atoms with van der Waals surface area (Å²) < 4.78 is 5.99. The highest BCUT2D eigenvalue weighted by molar-refractivity contribution is 5.98. The molecule has 4 aromatic carbocycles. The van der Waals surface area contributed by atoms with Gasteiger partial charge in [0.1, 0.15) is 11.5 Å². The van der Waals surface area contributed by atoms with E-state index in [1.807, 2.05) is 42.5 Å². The van der Waals surface area contributed by atoms with Crippen LogP contribution in [-0.4, -0.2) is 0 Å². The topological polar surface area (TPSA) is 9.23 Å². The maximum atomic E-state index is 5.99. The molecular formula is C29H26O. The zero-order valence-corrected chi connectivity index (χ0v) is 17.5. The van der Waals surface area contributed by atoms with Crippen molar-refractivity contribution in [3.8, 4) is 11.5 Å². The number of benzene rings is 4. The molecule has 0 aliphatic heterocycles. The van der Waals surface area contributed by atoms with Crippen LogP contribution in [-0.2, 0) is 0 Å². The van der Waals surface area contributed by atoms with Crippen LogP contribution >= 0.6 is 0 Å². The van der Waals surface area contributed by atoms with Crippen LogP contribution in [0.2, 0.25) is 0 Å². The number of para-hydroxylation sites is 1. The van der Waals surface area contributed by atoms with E-state index >= 15 is 0 Å². The van der Waals surface area contributed by atoms with Crippen molar-refractivity contribution < 1.29 is 4.74 Å². The monoisotopic (exact) mass is 390 g/mol. The Morgan fingerprint density at radius 1 is 0.567 bits per heavy atom. The van der Waals surface area contributed by atoms with Crippen molar-refractivity contribution >= 4 is 11.1 Å². The van der Waals surface area contributed by atoms with Gasteiger partial charge in [0.2, 0.25) is 0 Å². The fourth-order valence-corrected chi connectivity index (χ4v) is 3.71. The van der Waals surface area contributed by atoms with E-state index in [4.69, 9.17) is 4.74 Å². The van der Waals surface area contributed by atoms with Crippen molar-refractivity contribution in [1.29, 1.82) is 0 Å². The van der Waals surface area contributed by atoms with E-state index in [-0.39, 0.29) is 0 Å². The third-order valence-electron chi connectivity index (χ3n) is 5.24. The van der Waals surface area contributed by atoms with Crippen LogP contribution in [0, 0.1) is 6.92 Å². The predicted octanol–water partition coefficient (Wildman–Crippen LogP) is 8.16. The standard InChI is InChI=1S/C29H26O/c1-3-28(23-16-14-22(2)15-17-23)29(24-10-6-4-7-11-24)25-18-20-27(21-19-25)30-26-12-8-5-9-13-26/h4-21H,3H2,1-2H3/b29-28+. The van der Waals surface area contributed by atoms with Crippen molar-refractivity contribution in [2.45, 2.75) is 20.3 Å². The molecule has 148 valence electrons. The molecule has 0 aliphatic rings. The van der Waals surface area contributed by atoms with Gasteiger partial charge in [-0.05, 0) is 65.4 Å². The molecule has 0 fully saturated rings. The predicted molar refractivity (Wildman–Crippen MR) is 127 cm³/mol. The van der Waals surface area contributed by atoms with Gasteiger partial charge in [0.25, 0.3) is 0 Å². The van der Waals surface area contributed by atoms with E-state index in [2.05, 4.69) is 80.6 Å². The summed E-state index contributed by atoms with van der Waals surface area (Å²) in [5.41, 5.74) is 7.58. The molecule has 30 heavy (non-hydrogen) atoms. The van der Waals surface area contributed by atoms with Gasteiger partial charge in [-0.2, -0.15) is 0 Å². The third-order valence-corrected chi connectivity index (χ3v) is 5.24. The minimum absolute atomic E-state index is 0.839. The Labute approximate surface area is 179 Å². The average molecular weight is 391 g/mol. The summed E-state index contributed by atoms with van der Waals surface area (Å²) in [6.07, 6.45) is 0.954. The molecule has 1 nitrogen and oxygen atoms in total. The molecule has 1 heteroatoms. The average Bonchev–Trinajstić information content (AvgIpc) is 2.80. The number of hydrogen-bond donors (Lipinski definition) is 0. The molecule has 0 atom stereocenters. The van der Waals surface area contributed by atoms with Crippen molar-refractivity contribution in [3.05, 3.63) is 131 Å². The molecule has 0 bridgehead atoms. The van der Waals surface area contributed by atoms with E-state index in [1.165, 1.54) is 33.4 Å². The van der Waals surface area contributed by atoms with Gasteiger partial charge in [-0.25, -0.2) is 0 Å². The van der Waals surface area contributed by atoms with Gasteiger partial charge < -0.3 is 4.74 Å². The fourth-order valence-electron chi connectivity index (χ4n) is 3.71. The van der Waals surface area contributed by atoms with Crippen molar-refractivity contribution in [3.63, 3.8) is 0 Å². The van der Waals surface area contributed by atoms with E-state index in [0.717, 1.165) is 17.9 Å². The molecular weight excluding hydrogens is 364 g/mol. The smallest absolute Gasteiger partial charge is 0.127 e. The summed E-state index contributed by atoms with van der Waals surface area (Å²) in [4.78, 5) is 0. The van der Waals surface area contributed by atoms with E-state index < -0.39 is 0 Å². The van der Waals surface area contributed by atoms with Gasteiger partial charge in [0.05, 0.1) is 0 Å². The van der Waals surface area contributed by atoms with Crippen LogP contribution < -0.4 is 4.74 Å². The summed E-state index contributed by atoms with van der Waals surface area (Å²) in [6, 6.07) is 37.8. The fraction of sp³-hybridized carbons (Fsp3) is 0.103. The summed E-state index contributed by atoms with van der Waals surface area (Å²) in [6.45, 7) is 4.35. The lowest BCUT2D eigenvalue weighted by Gasteiger charge is -2.17. The third kappa shape index (κ3) is 4.52. The van der Waals surface area contributed by atoms with Gasteiger partial charge in [0.15, 0.2) is 0 Å². The minimum Gasteiger partial charge on any atom is -0.457 e. The van der Waals surface area contributed by atoms with Crippen molar-refractivity contribution in [2.24, 2.45) is 0 Å². The highest BCUT2D eigenvalue weighted by Crippen LogP contribution is 2.35. The molecule has 0 saturated heterocycles. The van der Waals surface area contributed by atoms with Crippen LogP contribution in [0.5, 0.6) is 11.5 Å². The molecule has 4 rings (SSSR count). The summed E-state index contributed by atoms with van der Waals surface area (Å²) in [5.74, 6) is 1.68. The van der Waals surface area contributed by atoms with E-state index in [1.54, 1.807) is 0 Å². The first-order valence-electron chi connectivity index (χ1n) is 10.4. The molecule has 0 spiro atoms. The Hall–Kier alpha value is -3.58. The molecule has 0 radical (unpaired) electrons. The number of ether oxygens (including phenoxy) is 1. The zero-order valence-electron chi connectivity index (χ0n) is 17.5. The molecule has 4 aromatic rings. The second-order valence-electron chi connectivity index (χ2n) is 7.38. The van der Waals surface area contributed by atoms with Gasteiger partial charge in [0, 0.05) is 0 Å². The SMILES string of the molecule is CC/C(=C(/c1ccccc1)c1ccc(Oc2ccccc2)cc1)c1ccc(C)cc1. The minimum atomic E-state index is 0.839. The Bertz CT molecular complexity index is 1110. The highest BCUT2D eigenvalue weighted by Gasteiger charge is 2.13. The molecule has 0 amide bonds. The first-order chi connectivity index (χ1) is 14.7.